The van der Waals surface area contributed by atoms with Gasteiger partial charge in [0.05, 0.1) is 12.1 Å². The number of aliphatic hydroxyl groups is 1. The van der Waals surface area contributed by atoms with E-state index in [0.717, 1.165) is 25.2 Å². The van der Waals surface area contributed by atoms with E-state index in [1.165, 1.54) is 24.0 Å². The molecule has 3 aliphatic heterocycles. The molecule has 1 aromatic carbocycles. The number of amides is 1. The number of benzene rings is 1. The molecule has 6 heteroatoms. The number of aliphatic hydroxyl groups excluding tert-OH is 1. The number of fused-ring (bicyclic) bond motifs is 4. The van der Waals surface area contributed by atoms with Crippen molar-refractivity contribution in [3.63, 3.8) is 0 Å². The van der Waals surface area contributed by atoms with Crippen LogP contribution in [0.4, 0.5) is 0 Å². The number of nitrogens with zero attached hydrogens (tertiary/aromatic N) is 3. The van der Waals surface area contributed by atoms with Gasteiger partial charge in [-0.2, -0.15) is 0 Å². The Bertz CT molecular complexity index is 1080. The zero-order chi connectivity index (χ0) is 21.1. The second kappa shape index (κ2) is 7.31. The van der Waals surface area contributed by atoms with Crippen LogP contribution in [0.5, 0.6) is 0 Å². The predicted molar refractivity (Wildman–Crippen MR) is 116 cm³/mol. The molecule has 4 aliphatic rings. The minimum absolute atomic E-state index is 0.0190. The summed E-state index contributed by atoms with van der Waals surface area (Å²) in [5.74, 6) is 0.728. The van der Waals surface area contributed by atoms with Gasteiger partial charge in [-0.05, 0) is 42.4 Å². The smallest absolute Gasteiger partial charge is 0.250 e. The van der Waals surface area contributed by atoms with E-state index in [1.807, 2.05) is 27.7 Å². The van der Waals surface area contributed by atoms with Crippen molar-refractivity contribution in [1.29, 1.82) is 0 Å². The summed E-state index contributed by atoms with van der Waals surface area (Å²) in [5.41, 5.74) is 3.59. The predicted octanol–water partition coefficient (Wildman–Crippen LogP) is 1.81. The van der Waals surface area contributed by atoms with Crippen LogP contribution in [0.1, 0.15) is 35.7 Å². The van der Waals surface area contributed by atoms with Crippen LogP contribution in [0.2, 0.25) is 0 Å². The highest BCUT2D eigenvalue weighted by molar-refractivity contribution is 5.83. The summed E-state index contributed by atoms with van der Waals surface area (Å²) < 4.78 is 1.86. The van der Waals surface area contributed by atoms with Crippen LogP contribution in [0.3, 0.4) is 0 Å². The monoisotopic (exact) mass is 419 g/mol. The molecule has 31 heavy (non-hydrogen) atoms. The lowest BCUT2D eigenvalue weighted by atomic mass is 9.87. The summed E-state index contributed by atoms with van der Waals surface area (Å²) in [7, 11) is 0. The van der Waals surface area contributed by atoms with E-state index < -0.39 is 0 Å². The first kappa shape index (κ1) is 19.3. The highest BCUT2D eigenvalue weighted by atomic mass is 16.3. The molecule has 2 aromatic rings. The van der Waals surface area contributed by atoms with Crippen LogP contribution < -0.4 is 5.56 Å². The van der Waals surface area contributed by atoms with Gasteiger partial charge in [0.1, 0.15) is 0 Å². The number of hydrogen-bond donors (Lipinski definition) is 1. The lowest BCUT2D eigenvalue weighted by molar-refractivity contribution is -0.139. The van der Waals surface area contributed by atoms with Crippen LogP contribution >= 0.6 is 0 Å². The molecule has 6 nitrogen and oxygen atoms in total. The van der Waals surface area contributed by atoms with Gasteiger partial charge >= 0.3 is 0 Å². The van der Waals surface area contributed by atoms with E-state index >= 15 is 0 Å². The molecule has 1 saturated carbocycles. The van der Waals surface area contributed by atoms with Crippen molar-refractivity contribution in [3.8, 4) is 0 Å². The summed E-state index contributed by atoms with van der Waals surface area (Å²) in [6, 6.07) is 13.6. The Morgan fingerprint density at radius 2 is 1.87 bits per heavy atom. The minimum atomic E-state index is -0.310. The molecule has 1 N–H and O–H groups in total. The second-order valence-corrected chi connectivity index (χ2v) is 9.72. The summed E-state index contributed by atoms with van der Waals surface area (Å²) in [6.45, 7) is 2.83. The highest BCUT2D eigenvalue weighted by Crippen LogP contribution is 2.51. The number of likely N-dealkylation sites (tertiary alicyclic amines) is 1. The lowest BCUT2D eigenvalue weighted by Crippen LogP contribution is -2.51. The average molecular weight is 420 g/mol. The third-order valence-corrected chi connectivity index (χ3v) is 7.93. The van der Waals surface area contributed by atoms with Crippen molar-refractivity contribution < 1.29 is 9.90 Å². The first-order chi connectivity index (χ1) is 15.2. The Hall–Kier alpha value is -2.44. The first-order valence-corrected chi connectivity index (χ1v) is 11.6. The van der Waals surface area contributed by atoms with Crippen LogP contribution in [-0.2, 0) is 24.3 Å². The third-order valence-electron chi connectivity index (χ3n) is 7.93. The lowest BCUT2D eigenvalue weighted by Gasteiger charge is -2.36. The summed E-state index contributed by atoms with van der Waals surface area (Å²) in [5, 5.41) is 10.4. The van der Waals surface area contributed by atoms with Crippen molar-refractivity contribution in [2.45, 2.75) is 44.4 Å². The van der Waals surface area contributed by atoms with Crippen LogP contribution in [-0.4, -0.2) is 51.1 Å². The molecule has 1 saturated heterocycles. The van der Waals surface area contributed by atoms with Crippen LogP contribution in [0.25, 0.3) is 0 Å². The maximum atomic E-state index is 13.9. The van der Waals surface area contributed by atoms with E-state index in [1.54, 1.807) is 6.07 Å². The van der Waals surface area contributed by atoms with Gasteiger partial charge < -0.3 is 14.6 Å². The number of rotatable bonds is 4. The van der Waals surface area contributed by atoms with Gasteiger partial charge in [-0.15, -0.1) is 0 Å². The van der Waals surface area contributed by atoms with Gasteiger partial charge in [0.2, 0.25) is 5.91 Å². The van der Waals surface area contributed by atoms with Gasteiger partial charge in [-0.3, -0.25) is 14.5 Å². The average Bonchev–Trinajstić information content (AvgIpc) is 3.45. The van der Waals surface area contributed by atoms with Crippen molar-refractivity contribution in [3.05, 3.63) is 69.6 Å². The molecule has 1 aliphatic carbocycles. The van der Waals surface area contributed by atoms with E-state index in [4.69, 9.17) is 0 Å². The fourth-order valence-electron chi connectivity index (χ4n) is 6.22. The third kappa shape index (κ3) is 3.07. The number of carbonyl (C=O) groups excluding carboxylic acids is 1. The molecular formula is C25H29N3O3. The molecule has 0 spiro atoms. The molecule has 4 atom stereocenters. The summed E-state index contributed by atoms with van der Waals surface area (Å²) in [4.78, 5) is 30.7. The van der Waals surface area contributed by atoms with E-state index in [-0.39, 0.29) is 42.0 Å². The van der Waals surface area contributed by atoms with Gasteiger partial charge in [0.15, 0.2) is 0 Å². The molecule has 0 unspecified atom stereocenters. The molecule has 4 heterocycles. The SMILES string of the molecule is O=C([C@@H]1[C@@H](CO)[C@@H]2Cn3c(cccc3=O)[C@@H]2N1CC1CC1)N1CCc2ccccc2C1. The standard InChI is InChI=1S/C25H29N3O3/c29-15-20-19-14-27-21(6-3-7-22(27)30)23(19)28(12-16-8-9-16)24(20)25(31)26-11-10-17-4-1-2-5-18(17)13-26/h1-7,16,19-20,23-24,29H,8-15H2/t19-,20-,23+,24-/m0/s1. The molecule has 0 radical (unpaired) electrons. The highest BCUT2D eigenvalue weighted by Gasteiger charge is 2.56. The minimum Gasteiger partial charge on any atom is -0.396 e. The molecule has 1 amide bonds. The van der Waals surface area contributed by atoms with Crippen LogP contribution in [0.15, 0.2) is 47.3 Å². The van der Waals surface area contributed by atoms with Gasteiger partial charge in [-0.1, -0.05) is 30.3 Å². The Morgan fingerprint density at radius 3 is 2.65 bits per heavy atom. The number of aromatic nitrogens is 1. The van der Waals surface area contributed by atoms with E-state index in [0.29, 0.717) is 19.0 Å². The van der Waals surface area contributed by atoms with Crippen molar-refractivity contribution in [2.75, 3.05) is 19.7 Å². The van der Waals surface area contributed by atoms with Gasteiger partial charge in [0.25, 0.3) is 5.56 Å². The molecular weight excluding hydrogens is 390 g/mol. The first-order valence-electron chi connectivity index (χ1n) is 11.6. The Labute approximate surface area is 182 Å². The molecule has 1 aromatic heterocycles. The topological polar surface area (TPSA) is 65.8 Å². The Balaban J connectivity index is 1.35. The molecule has 2 fully saturated rings. The number of carbonyl (C=O) groups is 1. The van der Waals surface area contributed by atoms with Crippen molar-refractivity contribution >= 4 is 5.91 Å². The van der Waals surface area contributed by atoms with E-state index in [2.05, 4.69) is 23.1 Å². The summed E-state index contributed by atoms with van der Waals surface area (Å²) >= 11 is 0. The van der Waals surface area contributed by atoms with Gasteiger partial charge in [-0.25, -0.2) is 0 Å². The number of hydrogen-bond acceptors (Lipinski definition) is 4. The molecule has 162 valence electrons. The second-order valence-electron chi connectivity index (χ2n) is 9.72. The van der Waals surface area contributed by atoms with Crippen molar-refractivity contribution in [1.82, 2.24) is 14.4 Å². The Kier molecular flexibility index (Phi) is 4.54. The maximum absolute atomic E-state index is 13.9. The fraction of sp³-hybridized carbons (Fsp3) is 0.520. The zero-order valence-corrected chi connectivity index (χ0v) is 17.7. The largest absolute Gasteiger partial charge is 0.396 e. The quantitative estimate of drug-likeness (QED) is 0.821. The fourth-order valence-corrected chi connectivity index (χ4v) is 6.22. The summed E-state index contributed by atoms with van der Waals surface area (Å²) in [6.07, 6.45) is 3.29. The van der Waals surface area contributed by atoms with Crippen LogP contribution in [0, 0.1) is 17.8 Å². The maximum Gasteiger partial charge on any atom is 0.250 e. The van der Waals surface area contributed by atoms with E-state index in [9.17, 15) is 14.7 Å². The Morgan fingerprint density at radius 1 is 1.06 bits per heavy atom. The molecule has 6 rings (SSSR count). The van der Waals surface area contributed by atoms with Gasteiger partial charge in [0, 0.05) is 56.4 Å². The van der Waals surface area contributed by atoms with Crippen molar-refractivity contribution in [2.24, 2.45) is 17.8 Å². The molecule has 0 bridgehead atoms. The normalized spacial score (nSPS) is 29.5. The zero-order valence-electron chi connectivity index (χ0n) is 17.7. The number of pyridine rings is 1.